The van der Waals surface area contributed by atoms with Gasteiger partial charge < -0.3 is 5.11 Å². The predicted molar refractivity (Wildman–Crippen MR) is 75.7 cm³/mol. The summed E-state index contributed by atoms with van der Waals surface area (Å²) in [7, 11) is 0. The lowest BCUT2D eigenvalue weighted by molar-refractivity contribution is 0.0547. The molecule has 0 unspecified atom stereocenters. The summed E-state index contributed by atoms with van der Waals surface area (Å²) in [6, 6.07) is 6.53. The highest BCUT2D eigenvalue weighted by Gasteiger charge is 2.38. The Morgan fingerprint density at radius 2 is 2.11 bits per heavy atom. The molecule has 0 spiro atoms. The zero-order chi connectivity index (χ0) is 13.2. The Morgan fingerprint density at radius 3 is 2.78 bits per heavy atom. The number of aliphatic hydroxyl groups excluding tert-OH is 1. The van der Waals surface area contributed by atoms with Crippen LogP contribution in [0.1, 0.15) is 42.9 Å². The fraction of sp³-hybridized carbons (Fsp3) is 0.625. The summed E-state index contributed by atoms with van der Waals surface area (Å²) >= 11 is 0. The van der Waals surface area contributed by atoms with Crippen LogP contribution in [-0.4, -0.2) is 28.7 Å². The summed E-state index contributed by atoms with van der Waals surface area (Å²) in [6.07, 6.45) is 3.37. The maximum atomic E-state index is 9.75. The lowest BCUT2D eigenvalue weighted by atomic mass is 9.93. The third-order valence-corrected chi connectivity index (χ3v) is 4.77. The molecule has 0 bridgehead atoms. The monoisotopic (exact) mass is 247 g/mol. The van der Waals surface area contributed by atoms with Crippen LogP contribution in [0.2, 0.25) is 0 Å². The van der Waals surface area contributed by atoms with E-state index in [1.807, 2.05) is 0 Å². The first kappa shape index (κ1) is 13.6. The van der Waals surface area contributed by atoms with Crippen LogP contribution >= 0.6 is 0 Å². The van der Waals surface area contributed by atoms with E-state index in [9.17, 15) is 5.11 Å². The smallest absolute Gasteiger partial charge is 0.0615 e. The topological polar surface area (TPSA) is 23.5 Å². The van der Waals surface area contributed by atoms with E-state index in [2.05, 4.69) is 43.9 Å². The van der Waals surface area contributed by atoms with Crippen LogP contribution in [0.25, 0.3) is 0 Å². The number of aryl methyl sites for hydroxylation is 1. The Bertz CT molecular complexity index is 410. The van der Waals surface area contributed by atoms with E-state index in [0.29, 0.717) is 0 Å². The van der Waals surface area contributed by atoms with E-state index in [1.54, 1.807) is 0 Å². The van der Waals surface area contributed by atoms with Gasteiger partial charge in [0.15, 0.2) is 0 Å². The number of benzene rings is 1. The minimum atomic E-state index is 0.0240. The van der Waals surface area contributed by atoms with Gasteiger partial charge in [-0.15, -0.1) is 0 Å². The van der Waals surface area contributed by atoms with E-state index in [-0.39, 0.29) is 12.1 Å². The van der Waals surface area contributed by atoms with Crippen molar-refractivity contribution < 1.29 is 5.11 Å². The van der Waals surface area contributed by atoms with Crippen molar-refractivity contribution in [3.05, 3.63) is 34.9 Å². The molecule has 1 fully saturated rings. The van der Waals surface area contributed by atoms with Gasteiger partial charge in [-0.3, -0.25) is 4.90 Å². The minimum Gasteiger partial charge on any atom is -0.394 e. The van der Waals surface area contributed by atoms with Gasteiger partial charge in [-0.2, -0.15) is 0 Å². The van der Waals surface area contributed by atoms with E-state index >= 15 is 0 Å². The number of hydrogen-bond donors (Lipinski definition) is 1. The summed E-state index contributed by atoms with van der Waals surface area (Å²) in [6.45, 7) is 8.94. The molecule has 1 N–H and O–H groups in total. The summed E-state index contributed by atoms with van der Waals surface area (Å²) in [5, 5.41) is 9.75. The van der Waals surface area contributed by atoms with Gasteiger partial charge in [-0.1, -0.05) is 25.1 Å². The Hall–Kier alpha value is -0.860. The van der Waals surface area contributed by atoms with Crippen LogP contribution in [-0.2, 0) is 6.54 Å². The zero-order valence-electron chi connectivity index (χ0n) is 11.9. The fourth-order valence-electron chi connectivity index (χ4n) is 3.12. The molecule has 1 aromatic carbocycles. The maximum absolute atomic E-state index is 9.75. The highest BCUT2D eigenvalue weighted by atomic mass is 16.3. The molecule has 0 saturated carbocycles. The van der Waals surface area contributed by atoms with Crippen molar-refractivity contribution in [2.75, 3.05) is 13.2 Å². The van der Waals surface area contributed by atoms with Crippen LogP contribution < -0.4 is 0 Å². The molecular weight excluding hydrogens is 222 g/mol. The molecule has 0 aliphatic carbocycles. The summed E-state index contributed by atoms with van der Waals surface area (Å²) in [5.74, 6) is 0. The average molecular weight is 247 g/mol. The molecule has 2 nitrogen and oxygen atoms in total. The standard InChI is InChI=1S/C16H25NO/c1-4-16(12-18)9-6-10-17(16)11-15-8-5-7-13(2)14(15)3/h5,7-8,18H,4,6,9-12H2,1-3H3/t16-/m1/s1. The fourth-order valence-corrected chi connectivity index (χ4v) is 3.12. The average Bonchev–Trinajstić information content (AvgIpc) is 2.78. The molecular formula is C16H25NO. The van der Waals surface area contributed by atoms with Crippen LogP contribution in [0.15, 0.2) is 18.2 Å². The predicted octanol–water partition coefficient (Wildman–Crippen LogP) is 3.04. The van der Waals surface area contributed by atoms with E-state index in [1.165, 1.54) is 23.1 Å². The van der Waals surface area contributed by atoms with Gasteiger partial charge in [-0.05, 0) is 56.3 Å². The van der Waals surface area contributed by atoms with Crippen LogP contribution in [0, 0.1) is 13.8 Å². The van der Waals surface area contributed by atoms with Gasteiger partial charge in [0.2, 0.25) is 0 Å². The van der Waals surface area contributed by atoms with Crippen LogP contribution in [0.3, 0.4) is 0 Å². The molecule has 2 rings (SSSR count). The zero-order valence-corrected chi connectivity index (χ0v) is 11.9. The van der Waals surface area contributed by atoms with E-state index < -0.39 is 0 Å². The van der Waals surface area contributed by atoms with Gasteiger partial charge in [-0.25, -0.2) is 0 Å². The third kappa shape index (κ3) is 2.32. The van der Waals surface area contributed by atoms with Crippen molar-refractivity contribution >= 4 is 0 Å². The van der Waals surface area contributed by atoms with Crippen molar-refractivity contribution in [1.82, 2.24) is 4.90 Å². The maximum Gasteiger partial charge on any atom is 0.0615 e. The Labute approximate surface area is 111 Å². The van der Waals surface area contributed by atoms with Crippen molar-refractivity contribution in [3.63, 3.8) is 0 Å². The van der Waals surface area contributed by atoms with E-state index in [4.69, 9.17) is 0 Å². The SMILES string of the molecule is CC[C@]1(CO)CCCN1Cc1cccc(C)c1C. The van der Waals surface area contributed by atoms with Gasteiger partial charge in [0.05, 0.1) is 6.61 Å². The molecule has 1 aromatic rings. The van der Waals surface area contributed by atoms with Crippen LogP contribution in [0.4, 0.5) is 0 Å². The summed E-state index contributed by atoms with van der Waals surface area (Å²) < 4.78 is 0. The normalized spacial score (nSPS) is 24.7. The highest BCUT2D eigenvalue weighted by molar-refractivity contribution is 5.33. The van der Waals surface area contributed by atoms with Gasteiger partial charge in [0, 0.05) is 12.1 Å². The Morgan fingerprint density at radius 1 is 1.33 bits per heavy atom. The molecule has 0 aromatic heterocycles. The molecule has 0 amide bonds. The molecule has 18 heavy (non-hydrogen) atoms. The van der Waals surface area contributed by atoms with Gasteiger partial charge in [0.1, 0.15) is 0 Å². The van der Waals surface area contributed by atoms with E-state index in [0.717, 1.165) is 25.9 Å². The molecule has 2 heteroatoms. The van der Waals surface area contributed by atoms with Crippen LogP contribution in [0.5, 0.6) is 0 Å². The molecule has 1 atom stereocenters. The van der Waals surface area contributed by atoms with Gasteiger partial charge in [0.25, 0.3) is 0 Å². The third-order valence-electron chi connectivity index (χ3n) is 4.77. The summed E-state index contributed by atoms with van der Waals surface area (Å²) in [4.78, 5) is 2.48. The first-order chi connectivity index (χ1) is 8.63. The van der Waals surface area contributed by atoms with Crippen molar-refractivity contribution in [1.29, 1.82) is 0 Å². The second-order valence-electron chi connectivity index (χ2n) is 5.62. The number of aliphatic hydroxyl groups is 1. The number of hydrogen-bond acceptors (Lipinski definition) is 2. The number of rotatable bonds is 4. The Kier molecular flexibility index (Phi) is 4.08. The van der Waals surface area contributed by atoms with Crippen molar-refractivity contribution in [2.45, 2.75) is 52.1 Å². The molecule has 100 valence electrons. The highest BCUT2D eigenvalue weighted by Crippen LogP contribution is 2.33. The second-order valence-corrected chi connectivity index (χ2v) is 5.62. The second kappa shape index (κ2) is 5.41. The molecule has 1 aliphatic heterocycles. The molecule has 1 heterocycles. The Balaban J connectivity index is 2.20. The quantitative estimate of drug-likeness (QED) is 0.884. The number of nitrogens with zero attached hydrogens (tertiary/aromatic N) is 1. The molecule has 1 aliphatic rings. The lowest BCUT2D eigenvalue weighted by Crippen LogP contribution is -2.46. The van der Waals surface area contributed by atoms with Gasteiger partial charge >= 0.3 is 0 Å². The minimum absolute atomic E-state index is 0.0240. The lowest BCUT2D eigenvalue weighted by Gasteiger charge is -2.36. The first-order valence-electron chi connectivity index (χ1n) is 7.04. The van der Waals surface area contributed by atoms with Crippen molar-refractivity contribution in [2.24, 2.45) is 0 Å². The first-order valence-corrected chi connectivity index (χ1v) is 7.04. The molecule has 0 radical (unpaired) electrons. The molecule has 1 saturated heterocycles. The van der Waals surface area contributed by atoms with Crippen molar-refractivity contribution in [3.8, 4) is 0 Å². The summed E-state index contributed by atoms with van der Waals surface area (Å²) in [5.41, 5.74) is 4.18. The largest absolute Gasteiger partial charge is 0.394 e. The number of likely N-dealkylation sites (tertiary alicyclic amines) is 1.